The summed E-state index contributed by atoms with van der Waals surface area (Å²) in [6.45, 7) is 8.24. The lowest BCUT2D eigenvalue weighted by atomic mass is 10.1. The number of halogens is 1. The van der Waals surface area contributed by atoms with Crippen LogP contribution in [0.5, 0.6) is 0 Å². The maximum absolute atomic E-state index is 12.1. The molecule has 0 heterocycles. The molecule has 1 unspecified atom stereocenters. The highest BCUT2D eigenvalue weighted by Crippen LogP contribution is 2.20. The molecule has 1 aromatic carbocycles. The Labute approximate surface area is 128 Å². The third-order valence-electron chi connectivity index (χ3n) is 2.86. The van der Waals surface area contributed by atoms with E-state index in [1.807, 2.05) is 32.9 Å². The van der Waals surface area contributed by atoms with Gasteiger partial charge >= 0.3 is 0 Å². The fourth-order valence-electron chi connectivity index (χ4n) is 1.62. The van der Waals surface area contributed by atoms with Crippen molar-refractivity contribution in [2.75, 3.05) is 6.54 Å². The fraction of sp³-hybridized carbons (Fsp3) is 0.467. The molecule has 20 heavy (non-hydrogen) atoms. The Kier molecular flexibility index (Phi) is 6.20. The minimum absolute atomic E-state index is 0.171. The molecule has 0 radical (unpaired) electrons. The summed E-state index contributed by atoms with van der Waals surface area (Å²) >= 11 is 3.40. The smallest absolute Gasteiger partial charge is 0.253 e. The van der Waals surface area contributed by atoms with Crippen LogP contribution in [0.4, 0.5) is 0 Å². The first-order valence-corrected chi connectivity index (χ1v) is 7.46. The van der Waals surface area contributed by atoms with Crippen molar-refractivity contribution in [1.82, 2.24) is 10.6 Å². The van der Waals surface area contributed by atoms with E-state index in [1.54, 1.807) is 13.0 Å². The number of aryl methyl sites for hydroxylation is 1. The normalized spacial score (nSPS) is 12.1. The molecule has 0 saturated carbocycles. The van der Waals surface area contributed by atoms with Crippen LogP contribution in [0, 0.1) is 12.8 Å². The molecule has 0 aromatic heterocycles. The molecule has 1 aromatic rings. The molecule has 1 rings (SSSR count). The van der Waals surface area contributed by atoms with Gasteiger partial charge in [-0.15, -0.1) is 0 Å². The van der Waals surface area contributed by atoms with Gasteiger partial charge in [-0.1, -0.05) is 26.0 Å². The van der Waals surface area contributed by atoms with Gasteiger partial charge in [0.15, 0.2) is 0 Å². The lowest BCUT2D eigenvalue weighted by Crippen LogP contribution is -2.45. The van der Waals surface area contributed by atoms with Gasteiger partial charge in [0.05, 0.1) is 5.56 Å². The third-order valence-corrected chi connectivity index (χ3v) is 3.91. The number of nitrogens with one attached hydrogen (secondary N) is 2. The van der Waals surface area contributed by atoms with Gasteiger partial charge < -0.3 is 10.6 Å². The van der Waals surface area contributed by atoms with E-state index in [-0.39, 0.29) is 11.8 Å². The van der Waals surface area contributed by atoms with Crippen LogP contribution < -0.4 is 10.6 Å². The lowest BCUT2D eigenvalue weighted by molar-refractivity contribution is -0.122. The van der Waals surface area contributed by atoms with Gasteiger partial charge in [-0.25, -0.2) is 0 Å². The Hall–Kier alpha value is -1.36. The molecule has 2 N–H and O–H groups in total. The maximum atomic E-state index is 12.1. The van der Waals surface area contributed by atoms with Crippen LogP contribution in [0.15, 0.2) is 22.7 Å². The molecule has 0 aliphatic rings. The summed E-state index contributed by atoms with van der Waals surface area (Å²) in [5.74, 6) is -0.0450. The Bertz CT molecular complexity index is 501. The Morgan fingerprint density at radius 1 is 1.25 bits per heavy atom. The van der Waals surface area contributed by atoms with Gasteiger partial charge in [0.25, 0.3) is 5.91 Å². The molecule has 0 bridgehead atoms. The first-order chi connectivity index (χ1) is 9.32. The van der Waals surface area contributed by atoms with E-state index >= 15 is 0 Å². The average molecular weight is 341 g/mol. The quantitative estimate of drug-likeness (QED) is 0.865. The van der Waals surface area contributed by atoms with Crippen molar-refractivity contribution >= 4 is 27.7 Å². The zero-order valence-corrected chi connectivity index (χ0v) is 13.9. The van der Waals surface area contributed by atoms with Crippen LogP contribution >= 0.6 is 15.9 Å². The van der Waals surface area contributed by atoms with Crippen molar-refractivity contribution in [3.05, 3.63) is 33.8 Å². The summed E-state index contributed by atoms with van der Waals surface area (Å²) < 4.78 is 0.757. The molecule has 0 aliphatic carbocycles. The van der Waals surface area contributed by atoms with Crippen LogP contribution in [0.25, 0.3) is 0 Å². The van der Waals surface area contributed by atoms with Crippen molar-refractivity contribution in [2.45, 2.75) is 33.7 Å². The topological polar surface area (TPSA) is 58.2 Å². The van der Waals surface area contributed by atoms with Crippen molar-refractivity contribution in [1.29, 1.82) is 0 Å². The highest BCUT2D eigenvalue weighted by molar-refractivity contribution is 9.10. The van der Waals surface area contributed by atoms with Crippen LogP contribution in [-0.4, -0.2) is 24.4 Å². The minimum Gasteiger partial charge on any atom is -0.354 e. The van der Waals surface area contributed by atoms with Gasteiger partial charge in [0, 0.05) is 11.0 Å². The molecule has 1 atom stereocenters. The maximum Gasteiger partial charge on any atom is 0.253 e. The summed E-state index contributed by atoms with van der Waals surface area (Å²) in [7, 11) is 0. The minimum atomic E-state index is -0.561. The zero-order valence-electron chi connectivity index (χ0n) is 12.3. The van der Waals surface area contributed by atoms with E-state index in [0.29, 0.717) is 18.0 Å². The molecule has 0 saturated heterocycles. The predicted octanol–water partition coefficient (Wildman–Crippen LogP) is 2.65. The first kappa shape index (κ1) is 16.7. The zero-order chi connectivity index (χ0) is 15.3. The second-order valence-corrected chi connectivity index (χ2v) is 6.06. The van der Waals surface area contributed by atoms with Crippen molar-refractivity contribution in [3.8, 4) is 0 Å². The standard InChI is InChI=1S/C15H21BrN2O2/c1-9(2)8-17-14(19)11(4)18-15(20)12-7-5-6-10(3)13(12)16/h5-7,9,11H,8H2,1-4H3,(H,17,19)(H,18,20). The largest absolute Gasteiger partial charge is 0.354 e. The summed E-state index contributed by atoms with van der Waals surface area (Å²) in [5.41, 5.74) is 1.52. The van der Waals surface area contributed by atoms with E-state index < -0.39 is 6.04 Å². The summed E-state index contributed by atoms with van der Waals surface area (Å²) in [6.07, 6.45) is 0. The van der Waals surface area contributed by atoms with Crippen LogP contribution in [-0.2, 0) is 4.79 Å². The number of benzene rings is 1. The summed E-state index contributed by atoms with van der Waals surface area (Å²) in [5, 5.41) is 5.51. The SMILES string of the molecule is Cc1cccc(C(=O)NC(C)C(=O)NCC(C)C)c1Br. The van der Waals surface area contributed by atoms with Gasteiger partial charge in [0.1, 0.15) is 6.04 Å². The first-order valence-electron chi connectivity index (χ1n) is 6.66. The number of rotatable bonds is 5. The highest BCUT2D eigenvalue weighted by atomic mass is 79.9. The highest BCUT2D eigenvalue weighted by Gasteiger charge is 2.18. The molecule has 2 amide bonds. The van der Waals surface area contributed by atoms with Gasteiger partial charge in [-0.2, -0.15) is 0 Å². The van der Waals surface area contributed by atoms with E-state index in [4.69, 9.17) is 0 Å². The van der Waals surface area contributed by atoms with Crippen molar-refractivity contribution in [3.63, 3.8) is 0 Å². The number of hydrogen-bond acceptors (Lipinski definition) is 2. The number of carbonyl (C=O) groups is 2. The molecule has 5 heteroatoms. The molecule has 4 nitrogen and oxygen atoms in total. The third kappa shape index (κ3) is 4.63. The predicted molar refractivity (Wildman–Crippen MR) is 83.7 cm³/mol. The number of hydrogen-bond donors (Lipinski definition) is 2. The van der Waals surface area contributed by atoms with E-state index in [9.17, 15) is 9.59 Å². The monoisotopic (exact) mass is 340 g/mol. The van der Waals surface area contributed by atoms with Gasteiger partial charge in [-0.3, -0.25) is 9.59 Å². The molecular formula is C15H21BrN2O2. The van der Waals surface area contributed by atoms with Crippen molar-refractivity contribution in [2.24, 2.45) is 5.92 Å². The number of amides is 2. The lowest BCUT2D eigenvalue weighted by Gasteiger charge is -2.16. The Morgan fingerprint density at radius 2 is 1.90 bits per heavy atom. The van der Waals surface area contributed by atoms with Crippen LogP contribution in [0.1, 0.15) is 36.7 Å². The average Bonchev–Trinajstić information content (AvgIpc) is 2.38. The molecule has 110 valence electrons. The summed E-state index contributed by atoms with van der Waals surface area (Å²) in [6, 6.07) is 4.90. The Morgan fingerprint density at radius 3 is 2.50 bits per heavy atom. The second-order valence-electron chi connectivity index (χ2n) is 5.27. The van der Waals surface area contributed by atoms with E-state index in [0.717, 1.165) is 10.0 Å². The fourth-order valence-corrected chi connectivity index (χ4v) is 2.06. The van der Waals surface area contributed by atoms with Gasteiger partial charge in [0.2, 0.25) is 5.91 Å². The van der Waals surface area contributed by atoms with Gasteiger partial charge in [-0.05, 0) is 47.3 Å². The second kappa shape index (κ2) is 7.43. The molecule has 0 spiro atoms. The van der Waals surface area contributed by atoms with Crippen LogP contribution in [0.2, 0.25) is 0 Å². The summed E-state index contributed by atoms with van der Waals surface area (Å²) in [4.78, 5) is 24.0. The number of carbonyl (C=O) groups excluding carboxylic acids is 2. The van der Waals surface area contributed by atoms with E-state index in [2.05, 4.69) is 26.6 Å². The van der Waals surface area contributed by atoms with Crippen LogP contribution in [0.3, 0.4) is 0 Å². The van der Waals surface area contributed by atoms with Crippen molar-refractivity contribution < 1.29 is 9.59 Å². The molecule has 0 fully saturated rings. The Balaban J connectivity index is 2.66. The molecule has 0 aliphatic heterocycles. The van der Waals surface area contributed by atoms with E-state index in [1.165, 1.54) is 0 Å². The molecular weight excluding hydrogens is 320 g/mol.